The zero-order valence-corrected chi connectivity index (χ0v) is 10.5. The molecule has 0 spiro atoms. The molecule has 0 heterocycles. The van der Waals surface area contributed by atoms with Crippen molar-refractivity contribution in [1.29, 1.82) is 0 Å². The van der Waals surface area contributed by atoms with Gasteiger partial charge in [-0.3, -0.25) is 12.2 Å². The van der Waals surface area contributed by atoms with Crippen LogP contribution in [0, 0.1) is 12.2 Å². The summed E-state index contributed by atoms with van der Waals surface area (Å²) in [7, 11) is 0. The third-order valence-corrected chi connectivity index (χ3v) is 2.01. The summed E-state index contributed by atoms with van der Waals surface area (Å²) >= 11 is 0. The zero-order valence-electron chi connectivity index (χ0n) is 8.78. The number of hydrogen-bond donors (Lipinski definition) is 0. The smallest absolute Gasteiger partial charge is 0.270 e. The van der Waals surface area contributed by atoms with Crippen LogP contribution in [0.25, 0.3) is 0 Å². The molecule has 0 aromatic rings. The molecule has 76 valence electrons. The summed E-state index contributed by atoms with van der Waals surface area (Å²) < 4.78 is 0. The average molecular weight is 273 g/mol. The molecule has 0 amide bonds. The van der Waals surface area contributed by atoms with Crippen molar-refractivity contribution in [3.05, 3.63) is 47.6 Å². The van der Waals surface area contributed by atoms with E-state index in [-0.39, 0.29) is 19.5 Å². The predicted molar refractivity (Wildman–Crippen MR) is 57.0 cm³/mol. The van der Waals surface area contributed by atoms with E-state index in [0.717, 1.165) is 19.3 Å². The molecule has 0 fully saturated rings. The molecule has 0 radical (unpaired) electrons. The van der Waals surface area contributed by atoms with E-state index in [0.29, 0.717) is 0 Å². The maximum atomic E-state index is 3.21. The maximum Gasteiger partial charge on any atom is 2.00 e. The maximum absolute atomic E-state index is 3.21. The van der Waals surface area contributed by atoms with Gasteiger partial charge in [-0.2, -0.15) is 12.2 Å². The molecule has 0 atom stereocenters. The minimum absolute atomic E-state index is 0. The Morgan fingerprint density at radius 1 is 1.14 bits per heavy atom. The molecule has 0 saturated carbocycles. The molecular formula is C13H16Ru. The number of rotatable bonds is 1. The fraction of sp³-hybridized carbons (Fsp3) is 0.385. The van der Waals surface area contributed by atoms with E-state index in [4.69, 9.17) is 0 Å². The van der Waals surface area contributed by atoms with Crippen molar-refractivity contribution in [1.82, 2.24) is 0 Å². The third-order valence-electron chi connectivity index (χ3n) is 2.01. The monoisotopic (exact) mass is 274 g/mol. The van der Waals surface area contributed by atoms with Crippen LogP contribution in [0.1, 0.15) is 33.1 Å². The predicted octanol–water partition coefficient (Wildman–Crippen LogP) is 3.78. The summed E-state index contributed by atoms with van der Waals surface area (Å²) in [6.07, 6.45) is 18.0. The van der Waals surface area contributed by atoms with Gasteiger partial charge in [0.2, 0.25) is 0 Å². The van der Waals surface area contributed by atoms with E-state index >= 15 is 0 Å². The average Bonchev–Trinajstić information content (AvgIpc) is 2.76. The molecule has 2 aliphatic rings. The molecule has 2 rings (SSSR count). The fourth-order valence-corrected chi connectivity index (χ4v) is 1.21. The van der Waals surface area contributed by atoms with Crippen molar-refractivity contribution >= 4 is 0 Å². The Kier molecular flexibility index (Phi) is 7.70. The van der Waals surface area contributed by atoms with Gasteiger partial charge in [-0.25, -0.2) is 23.3 Å². The van der Waals surface area contributed by atoms with Gasteiger partial charge in [0.1, 0.15) is 0 Å². The van der Waals surface area contributed by atoms with Gasteiger partial charge < -0.3 is 0 Å². The van der Waals surface area contributed by atoms with Crippen LogP contribution >= 0.6 is 0 Å². The Hall–Kier alpha value is -0.417. The van der Waals surface area contributed by atoms with Crippen LogP contribution in [-0.4, -0.2) is 0 Å². The standard InChI is InChI=1S/C7H9.C6H7.Ru/c1-2-7-5-3-4-6-7;1-6-4-2-3-5-6;/h3,5H,2,4H2,1H3;2,4H,3H2,1H3;/q2*-1;+2. The molecule has 2 aliphatic carbocycles. The molecule has 0 aliphatic heterocycles. The first-order chi connectivity index (χ1) is 6.33. The zero-order chi connectivity index (χ0) is 9.52. The van der Waals surface area contributed by atoms with E-state index in [9.17, 15) is 0 Å². The Morgan fingerprint density at radius 2 is 1.79 bits per heavy atom. The Bertz CT molecular complexity index is 264. The normalized spacial score (nSPS) is 16.7. The molecule has 0 unspecified atom stereocenters. The van der Waals surface area contributed by atoms with Crippen LogP contribution in [0.4, 0.5) is 0 Å². The van der Waals surface area contributed by atoms with Crippen molar-refractivity contribution in [2.24, 2.45) is 0 Å². The van der Waals surface area contributed by atoms with Gasteiger partial charge in [-0.15, -0.1) is 12.8 Å². The number of allylic oxidation sites excluding steroid dienone is 8. The first kappa shape index (κ1) is 13.6. The van der Waals surface area contributed by atoms with Gasteiger partial charge in [0.25, 0.3) is 0 Å². The van der Waals surface area contributed by atoms with Crippen molar-refractivity contribution in [2.75, 3.05) is 0 Å². The van der Waals surface area contributed by atoms with Crippen LogP contribution < -0.4 is 0 Å². The summed E-state index contributed by atoms with van der Waals surface area (Å²) in [5.41, 5.74) is 2.63. The molecule has 14 heavy (non-hydrogen) atoms. The largest absolute Gasteiger partial charge is 2.00 e. The fourth-order valence-electron chi connectivity index (χ4n) is 1.21. The third kappa shape index (κ3) is 5.34. The summed E-state index contributed by atoms with van der Waals surface area (Å²) in [5.74, 6) is 0. The van der Waals surface area contributed by atoms with Crippen LogP contribution in [0.2, 0.25) is 0 Å². The summed E-state index contributed by atoms with van der Waals surface area (Å²) in [5, 5.41) is 0. The quantitative estimate of drug-likeness (QED) is 0.504. The minimum Gasteiger partial charge on any atom is -0.270 e. The van der Waals surface area contributed by atoms with Gasteiger partial charge in [0.15, 0.2) is 0 Å². The number of hydrogen-bond acceptors (Lipinski definition) is 0. The second kappa shape index (κ2) is 7.94. The van der Waals surface area contributed by atoms with Crippen LogP contribution in [0.5, 0.6) is 0 Å². The van der Waals surface area contributed by atoms with Crippen LogP contribution in [0.3, 0.4) is 0 Å². The molecule has 0 saturated heterocycles. The molecular weight excluding hydrogens is 257 g/mol. The van der Waals surface area contributed by atoms with Crippen molar-refractivity contribution in [3.8, 4) is 0 Å². The first-order valence-electron chi connectivity index (χ1n) is 4.83. The Balaban J connectivity index is 0.000000227. The van der Waals surface area contributed by atoms with E-state index in [1.165, 1.54) is 11.1 Å². The van der Waals surface area contributed by atoms with Crippen molar-refractivity contribution in [2.45, 2.75) is 33.1 Å². The summed E-state index contributed by atoms with van der Waals surface area (Å²) in [4.78, 5) is 0. The van der Waals surface area contributed by atoms with Gasteiger partial charge in [0, 0.05) is 0 Å². The summed E-state index contributed by atoms with van der Waals surface area (Å²) in [6, 6.07) is 0. The second-order valence-electron chi connectivity index (χ2n) is 3.13. The molecule has 1 heteroatoms. The Morgan fingerprint density at radius 3 is 2.00 bits per heavy atom. The molecule has 0 aromatic carbocycles. The van der Waals surface area contributed by atoms with E-state index < -0.39 is 0 Å². The molecule has 0 N–H and O–H groups in total. The van der Waals surface area contributed by atoms with Crippen molar-refractivity contribution < 1.29 is 19.5 Å². The SMILES string of the molecule is CC1=[C-]CC=C1.CCC1=[C-]CC=C1.[Ru+2]. The molecule has 0 bridgehead atoms. The van der Waals surface area contributed by atoms with E-state index in [1.807, 2.05) is 0 Å². The minimum atomic E-state index is 0. The van der Waals surface area contributed by atoms with Crippen LogP contribution in [0.15, 0.2) is 35.5 Å². The molecule has 0 aromatic heterocycles. The topological polar surface area (TPSA) is 0 Å². The molecule has 0 nitrogen and oxygen atoms in total. The van der Waals surface area contributed by atoms with Gasteiger partial charge in [0.05, 0.1) is 0 Å². The van der Waals surface area contributed by atoms with Crippen molar-refractivity contribution in [3.63, 3.8) is 0 Å². The van der Waals surface area contributed by atoms with Gasteiger partial charge in [-0.05, 0) is 0 Å². The second-order valence-corrected chi connectivity index (χ2v) is 3.13. The Labute approximate surface area is 100 Å². The van der Waals surface area contributed by atoms with Crippen LogP contribution in [-0.2, 0) is 19.5 Å². The van der Waals surface area contributed by atoms with Gasteiger partial charge >= 0.3 is 19.5 Å². The van der Waals surface area contributed by atoms with E-state index in [1.54, 1.807) is 0 Å². The van der Waals surface area contributed by atoms with Gasteiger partial charge in [-0.1, -0.05) is 20.3 Å². The van der Waals surface area contributed by atoms with E-state index in [2.05, 4.69) is 50.3 Å². The first-order valence-corrected chi connectivity index (χ1v) is 4.83. The summed E-state index contributed by atoms with van der Waals surface area (Å²) in [6.45, 7) is 4.21.